The lowest BCUT2D eigenvalue weighted by Crippen LogP contribution is -2.09. The van der Waals surface area contributed by atoms with Gasteiger partial charge in [-0.05, 0) is 57.0 Å². The minimum absolute atomic E-state index is 0.254. The highest BCUT2D eigenvalue weighted by Gasteiger charge is 2.15. The molecule has 0 bridgehead atoms. The minimum atomic E-state index is 0.254. The van der Waals surface area contributed by atoms with E-state index in [-0.39, 0.29) is 6.10 Å². The molecule has 3 nitrogen and oxygen atoms in total. The van der Waals surface area contributed by atoms with Crippen molar-refractivity contribution < 1.29 is 4.74 Å². The van der Waals surface area contributed by atoms with Crippen molar-refractivity contribution in [2.45, 2.75) is 60.2 Å². The van der Waals surface area contributed by atoms with Crippen LogP contribution in [0.3, 0.4) is 0 Å². The molecule has 1 atom stereocenters. The van der Waals surface area contributed by atoms with Crippen LogP contribution in [-0.2, 0) is 13.1 Å². The van der Waals surface area contributed by atoms with Gasteiger partial charge in [-0.2, -0.15) is 0 Å². The molecule has 0 aliphatic rings. The van der Waals surface area contributed by atoms with E-state index in [9.17, 15) is 0 Å². The molecule has 1 aromatic heterocycles. The summed E-state index contributed by atoms with van der Waals surface area (Å²) in [6, 6.07) is 6.52. The van der Waals surface area contributed by atoms with Gasteiger partial charge in [0, 0.05) is 29.7 Å². The zero-order valence-corrected chi connectivity index (χ0v) is 14.9. The van der Waals surface area contributed by atoms with Gasteiger partial charge in [-0.1, -0.05) is 20.8 Å². The number of rotatable bonds is 7. The van der Waals surface area contributed by atoms with E-state index in [1.807, 2.05) is 7.05 Å². The first-order chi connectivity index (χ1) is 10.5. The molecule has 1 N–H and O–H groups in total. The first-order valence-corrected chi connectivity index (χ1v) is 8.40. The van der Waals surface area contributed by atoms with E-state index < -0.39 is 0 Å². The molecule has 3 heteroatoms. The van der Waals surface area contributed by atoms with Gasteiger partial charge in [-0.15, -0.1) is 0 Å². The first-order valence-electron chi connectivity index (χ1n) is 8.40. The molecule has 0 unspecified atom stereocenters. The maximum absolute atomic E-state index is 6.01. The summed E-state index contributed by atoms with van der Waals surface area (Å²) in [5.41, 5.74) is 4.06. The van der Waals surface area contributed by atoms with Crippen LogP contribution in [0.25, 0.3) is 10.9 Å². The zero-order chi connectivity index (χ0) is 16.3. The minimum Gasteiger partial charge on any atom is -0.491 e. The Bertz CT molecular complexity index is 628. The molecule has 2 rings (SSSR count). The van der Waals surface area contributed by atoms with Gasteiger partial charge in [0.15, 0.2) is 0 Å². The van der Waals surface area contributed by atoms with Crippen molar-refractivity contribution in [3.63, 3.8) is 0 Å². The first kappa shape index (κ1) is 16.9. The standard InChI is InChI=1S/C19H30N2O/c1-7-14(4)22-16-8-9-19-17(10-16)18(11-20-6)15(5)21(19)12-13(2)3/h8-10,13-14,20H,7,11-12H2,1-6H3/t14-/m0/s1. The molecule has 2 aromatic rings. The number of nitrogens with one attached hydrogen (secondary N) is 1. The van der Waals surface area contributed by atoms with Crippen molar-refractivity contribution in [1.82, 2.24) is 9.88 Å². The number of benzene rings is 1. The van der Waals surface area contributed by atoms with Gasteiger partial charge >= 0.3 is 0 Å². The Balaban J connectivity index is 2.51. The van der Waals surface area contributed by atoms with Crippen LogP contribution in [0.15, 0.2) is 18.2 Å². The molecule has 1 aromatic carbocycles. The smallest absolute Gasteiger partial charge is 0.120 e. The number of fused-ring (bicyclic) bond motifs is 1. The quantitative estimate of drug-likeness (QED) is 0.815. The third-order valence-electron chi connectivity index (χ3n) is 4.24. The Labute approximate surface area is 134 Å². The average Bonchev–Trinajstić information content (AvgIpc) is 2.72. The van der Waals surface area contributed by atoms with Crippen molar-refractivity contribution in [2.75, 3.05) is 7.05 Å². The van der Waals surface area contributed by atoms with E-state index in [4.69, 9.17) is 4.74 Å². The third kappa shape index (κ3) is 3.46. The van der Waals surface area contributed by atoms with Crippen LogP contribution in [0.1, 0.15) is 45.4 Å². The predicted molar refractivity (Wildman–Crippen MR) is 94.7 cm³/mol. The molecular weight excluding hydrogens is 272 g/mol. The van der Waals surface area contributed by atoms with Crippen molar-refractivity contribution >= 4 is 10.9 Å². The molecule has 0 saturated carbocycles. The van der Waals surface area contributed by atoms with E-state index in [1.165, 1.54) is 22.2 Å². The van der Waals surface area contributed by atoms with Gasteiger partial charge < -0.3 is 14.6 Å². The van der Waals surface area contributed by atoms with Gasteiger partial charge in [-0.3, -0.25) is 0 Å². The fraction of sp³-hybridized carbons (Fsp3) is 0.579. The monoisotopic (exact) mass is 302 g/mol. The average molecular weight is 302 g/mol. The summed E-state index contributed by atoms with van der Waals surface area (Å²) in [6.45, 7) is 13.0. The summed E-state index contributed by atoms with van der Waals surface area (Å²) in [6.07, 6.45) is 1.28. The summed E-state index contributed by atoms with van der Waals surface area (Å²) in [4.78, 5) is 0. The van der Waals surface area contributed by atoms with Crippen LogP contribution < -0.4 is 10.1 Å². The van der Waals surface area contributed by atoms with Crippen molar-refractivity contribution in [3.05, 3.63) is 29.5 Å². The zero-order valence-electron chi connectivity index (χ0n) is 14.9. The molecule has 0 fully saturated rings. The summed E-state index contributed by atoms with van der Waals surface area (Å²) in [5.74, 6) is 1.61. The Hall–Kier alpha value is -1.48. The molecule has 0 radical (unpaired) electrons. The van der Waals surface area contributed by atoms with Crippen LogP contribution >= 0.6 is 0 Å². The van der Waals surface area contributed by atoms with Crippen molar-refractivity contribution in [1.29, 1.82) is 0 Å². The molecule has 0 aliphatic carbocycles. The van der Waals surface area contributed by atoms with Gasteiger partial charge in [0.25, 0.3) is 0 Å². The van der Waals surface area contributed by atoms with E-state index >= 15 is 0 Å². The molecule has 1 heterocycles. The van der Waals surface area contributed by atoms with Gasteiger partial charge in [0.1, 0.15) is 5.75 Å². The molecule has 0 aliphatic heterocycles. The molecule has 22 heavy (non-hydrogen) atoms. The Kier molecular flexibility index (Phi) is 5.52. The summed E-state index contributed by atoms with van der Waals surface area (Å²) < 4.78 is 8.45. The Morgan fingerprint density at radius 3 is 2.55 bits per heavy atom. The van der Waals surface area contributed by atoms with Crippen LogP contribution in [-0.4, -0.2) is 17.7 Å². The highest BCUT2D eigenvalue weighted by atomic mass is 16.5. The van der Waals surface area contributed by atoms with Crippen molar-refractivity contribution in [3.8, 4) is 5.75 Å². The van der Waals surface area contributed by atoms with E-state index in [0.29, 0.717) is 5.92 Å². The summed E-state index contributed by atoms with van der Waals surface area (Å²) >= 11 is 0. The fourth-order valence-electron chi connectivity index (χ4n) is 2.92. The molecule has 122 valence electrons. The molecular formula is C19H30N2O. The molecule has 0 amide bonds. The number of nitrogens with zero attached hydrogens (tertiary/aromatic N) is 1. The van der Waals surface area contributed by atoms with Crippen LogP contribution in [0.5, 0.6) is 5.75 Å². The van der Waals surface area contributed by atoms with Crippen LogP contribution in [0.2, 0.25) is 0 Å². The van der Waals surface area contributed by atoms with Crippen LogP contribution in [0.4, 0.5) is 0 Å². The highest BCUT2D eigenvalue weighted by molar-refractivity contribution is 5.87. The van der Waals surface area contributed by atoms with E-state index in [1.54, 1.807) is 0 Å². The second-order valence-electron chi connectivity index (χ2n) is 6.61. The lowest BCUT2D eigenvalue weighted by Gasteiger charge is -2.13. The lowest BCUT2D eigenvalue weighted by atomic mass is 10.1. The van der Waals surface area contributed by atoms with Gasteiger partial charge in [0.05, 0.1) is 6.10 Å². The number of hydrogen-bond acceptors (Lipinski definition) is 2. The topological polar surface area (TPSA) is 26.2 Å². The maximum atomic E-state index is 6.01. The SMILES string of the molecule is CC[C@H](C)Oc1ccc2c(c1)c(CNC)c(C)n2CC(C)C. The van der Waals surface area contributed by atoms with E-state index in [0.717, 1.165) is 25.3 Å². The number of aromatic nitrogens is 1. The fourth-order valence-corrected chi connectivity index (χ4v) is 2.92. The lowest BCUT2D eigenvalue weighted by molar-refractivity contribution is 0.217. The Morgan fingerprint density at radius 2 is 1.95 bits per heavy atom. The largest absolute Gasteiger partial charge is 0.491 e. The normalized spacial score (nSPS) is 13.0. The van der Waals surface area contributed by atoms with Gasteiger partial charge in [0.2, 0.25) is 0 Å². The second kappa shape index (κ2) is 7.19. The second-order valence-corrected chi connectivity index (χ2v) is 6.61. The van der Waals surface area contributed by atoms with E-state index in [2.05, 4.69) is 62.7 Å². The number of hydrogen-bond donors (Lipinski definition) is 1. The maximum Gasteiger partial charge on any atom is 0.120 e. The highest BCUT2D eigenvalue weighted by Crippen LogP contribution is 2.30. The predicted octanol–water partition coefficient (Wildman–Crippen LogP) is 4.50. The summed E-state index contributed by atoms with van der Waals surface area (Å²) in [7, 11) is 2.00. The van der Waals surface area contributed by atoms with Crippen LogP contribution in [0, 0.1) is 12.8 Å². The summed E-state index contributed by atoms with van der Waals surface area (Å²) in [5, 5.41) is 4.61. The third-order valence-corrected chi connectivity index (χ3v) is 4.24. The molecule has 0 spiro atoms. The van der Waals surface area contributed by atoms with Crippen molar-refractivity contribution in [2.24, 2.45) is 5.92 Å². The molecule has 0 saturated heterocycles. The Morgan fingerprint density at radius 1 is 1.23 bits per heavy atom. The van der Waals surface area contributed by atoms with Gasteiger partial charge in [-0.25, -0.2) is 0 Å². The number of ether oxygens (including phenoxy) is 1.